The zero-order valence-electron chi connectivity index (χ0n) is 8.94. The summed E-state index contributed by atoms with van der Waals surface area (Å²) in [6, 6.07) is 0. The molecule has 0 unspecified atom stereocenters. The second kappa shape index (κ2) is 6.70. The average molecular weight is 265 g/mol. The summed E-state index contributed by atoms with van der Waals surface area (Å²) < 4.78 is 69.2. The number of hydrogen-bond acceptors (Lipinski definition) is 3. The van der Waals surface area contributed by atoms with Crippen LogP contribution in [0.2, 0.25) is 0 Å². The molecule has 0 aliphatic rings. The standard InChI is InChI=1S/C8H12F5NO3/c1-16-4-5-17-3-2-14-6(15)7(9,10)8(11,12)13/h2-5H2,1H3,(H,14,15). The molecule has 0 aromatic heterocycles. The number of ether oxygens (including phenoxy) is 2. The molecule has 0 rings (SSSR count). The van der Waals surface area contributed by atoms with E-state index in [0.29, 0.717) is 0 Å². The van der Waals surface area contributed by atoms with Gasteiger partial charge in [0, 0.05) is 13.7 Å². The maximum atomic E-state index is 12.4. The zero-order chi connectivity index (χ0) is 13.5. The highest BCUT2D eigenvalue weighted by atomic mass is 19.4. The van der Waals surface area contributed by atoms with Crippen molar-refractivity contribution >= 4 is 5.91 Å². The highest BCUT2D eigenvalue weighted by molar-refractivity contribution is 5.84. The van der Waals surface area contributed by atoms with E-state index in [4.69, 9.17) is 4.74 Å². The monoisotopic (exact) mass is 265 g/mol. The van der Waals surface area contributed by atoms with E-state index in [1.54, 1.807) is 0 Å². The van der Waals surface area contributed by atoms with Gasteiger partial charge in [-0.05, 0) is 0 Å². The Hall–Kier alpha value is -0.960. The first kappa shape index (κ1) is 16.0. The van der Waals surface area contributed by atoms with E-state index >= 15 is 0 Å². The van der Waals surface area contributed by atoms with Gasteiger partial charge in [-0.1, -0.05) is 0 Å². The molecule has 0 bridgehead atoms. The van der Waals surface area contributed by atoms with Crippen molar-refractivity contribution in [3.8, 4) is 0 Å². The van der Waals surface area contributed by atoms with Gasteiger partial charge < -0.3 is 14.8 Å². The fraction of sp³-hybridized carbons (Fsp3) is 0.875. The van der Waals surface area contributed by atoms with E-state index in [9.17, 15) is 26.7 Å². The normalized spacial score (nSPS) is 12.6. The number of amides is 1. The van der Waals surface area contributed by atoms with Crippen LogP contribution in [0.3, 0.4) is 0 Å². The molecule has 0 atom stereocenters. The molecule has 1 N–H and O–H groups in total. The minimum absolute atomic E-state index is 0.155. The topological polar surface area (TPSA) is 47.6 Å². The maximum Gasteiger partial charge on any atom is 0.463 e. The molecule has 4 nitrogen and oxygen atoms in total. The van der Waals surface area contributed by atoms with Crippen LogP contribution in [0.1, 0.15) is 0 Å². The largest absolute Gasteiger partial charge is 0.463 e. The van der Waals surface area contributed by atoms with E-state index in [1.807, 2.05) is 0 Å². The van der Waals surface area contributed by atoms with Crippen LogP contribution in [0.25, 0.3) is 0 Å². The number of nitrogens with one attached hydrogen (secondary N) is 1. The Labute approximate surface area is 94.1 Å². The van der Waals surface area contributed by atoms with Crippen molar-refractivity contribution < 1.29 is 36.2 Å². The van der Waals surface area contributed by atoms with E-state index < -0.39 is 24.6 Å². The first-order valence-electron chi connectivity index (χ1n) is 4.53. The Morgan fingerprint density at radius 2 is 1.71 bits per heavy atom. The lowest BCUT2D eigenvalue weighted by atomic mass is 10.3. The van der Waals surface area contributed by atoms with Crippen LogP contribution < -0.4 is 5.32 Å². The summed E-state index contributed by atoms with van der Waals surface area (Å²) >= 11 is 0. The third-order valence-electron chi connectivity index (χ3n) is 1.60. The minimum atomic E-state index is -5.89. The molecule has 0 spiro atoms. The Morgan fingerprint density at radius 1 is 1.12 bits per heavy atom. The van der Waals surface area contributed by atoms with E-state index in [1.165, 1.54) is 12.4 Å². The first-order chi connectivity index (χ1) is 7.73. The molecular formula is C8H12F5NO3. The lowest BCUT2D eigenvalue weighted by molar-refractivity contribution is -0.269. The Bertz CT molecular complexity index is 244. The van der Waals surface area contributed by atoms with Gasteiger partial charge in [-0.2, -0.15) is 22.0 Å². The molecule has 0 saturated heterocycles. The molecule has 9 heteroatoms. The summed E-state index contributed by atoms with van der Waals surface area (Å²) in [4.78, 5) is 10.5. The molecule has 102 valence electrons. The van der Waals surface area contributed by atoms with Gasteiger partial charge in [0.05, 0.1) is 19.8 Å². The third-order valence-corrected chi connectivity index (χ3v) is 1.60. The van der Waals surface area contributed by atoms with Crippen LogP contribution in [0.5, 0.6) is 0 Å². The number of halogens is 5. The predicted molar refractivity (Wildman–Crippen MR) is 46.7 cm³/mol. The molecule has 0 fully saturated rings. The molecule has 0 radical (unpaired) electrons. The Morgan fingerprint density at radius 3 is 2.18 bits per heavy atom. The second-order valence-electron chi connectivity index (χ2n) is 2.93. The molecule has 0 heterocycles. The first-order valence-corrected chi connectivity index (χ1v) is 4.53. The van der Waals surface area contributed by atoms with Crippen molar-refractivity contribution in [3.63, 3.8) is 0 Å². The van der Waals surface area contributed by atoms with Crippen molar-refractivity contribution in [1.82, 2.24) is 5.32 Å². The van der Waals surface area contributed by atoms with Gasteiger partial charge in [0.15, 0.2) is 0 Å². The van der Waals surface area contributed by atoms with Gasteiger partial charge in [0.2, 0.25) is 0 Å². The molecule has 0 saturated carbocycles. The fourth-order valence-electron chi connectivity index (χ4n) is 0.721. The van der Waals surface area contributed by atoms with Crippen molar-refractivity contribution in [2.24, 2.45) is 0 Å². The Balaban J connectivity index is 3.87. The molecular weight excluding hydrogens is 253 g/mol. The number of alkyl halides is 5. The van der Waals surface area contributed by atoms with Gasteiger partial charge in [0.25, 0.3) is 5.91 Å². The minimum Gasteiger partial charge on any atom is -0.382 e. The van der Waals surface area contributed by atoms with Crippen LogP contribution in [0, 0.1) is 0 Å². The van der Waals surface area contributed by atoms with Crippen LogP contribution in [0.15, 0.2) is 0 Å². The summed E-state index contributed by atoms with van der Waals surface area (Å²) in [5.41, 5.74) is 0. The van der Waals surface area contributed by atoms with Crippen molar-refractivity contribution in [2.75, 3.05) is 33.5 Å². The average Bonchev–Trinajstić information content (AvgIpc) is 2.21. The van der Waals surface area contributed by atoms with E-state index in [2.05, 4.69) is 4.74 Å². The summed E-state index contributed by atoms with van der Waals surface area (Å²) in [7, 11) is 1.41. The quantitative estimate of drug-likeness (QED) is 0.551. The van der Waals surface area contributed by atoms with Crippen LogP contribution >= 0.6 is 0 Å². The summed E-state index contributed by atoms with van der Waals surface area (Å²) in [5.74, 6) is -7.78. The van der Waals surface area contributed by atoms with E-state index in [-0.39, 0.29) is 19.8 Å². The molecule has 1 amide bonds. The van der Waals surface area contributed by atoms with Crippen molar-refractivity contribution in [3.05, 3.63) is 0 Å². The lowest BCUT2D eigenvalue weighted by Crippen LogP contribution is -2.51. The van der Waals surface area contributed by atoms with Gasteiger partial charge in [-0.15, -0.1) is 0 Å². The van der Waals surface area contributed by atoms with Crippen LogP contribution in [-0.4, -0.2) is 51.5 Å². The third kappa shape index (κ3) is 5.26. The molecule has 0 aliphatic heterocycles. The summed E-state index contributed by atoms with van der Waals surface area (Å²) in [6.07, 6.45) is -5.89. The van der Waals surface area contributed by atoms with Gasteiger partial charge in [-0.3, -0.25) is 4.79 Å². The van der Waals surface area contributed by atoms with Crippen molar-refractivity contribution in [2.45, 2.75) is 12.1 Å². The Kier molecular flexibility index (Phi) is 6.32. The highest BCUT2D eigenvalue weighted by Crippen LogP contribution is 2.35. The zero-order valence-corrected chi connectivity index (χ0v) is 8.94. The van der Waals surface area contributed by atoms with Crippen LogP contribution in [-0.2, 0) is 14.3 Å². The van der Waals surface area contributed by atoms with Gasteiger partial charge in [0.1, 0.15) is 0 Å². The lowest BCUT2D eigenvalue weighted by Gasteiger charge is -2.18. The number of rotatable bonds is 7. The number of hydrogen-bond donors (Lipinski definition) is 1. The fourth-order valence-corrected chi connectivity index (χ4v) is 0.721. The molecule has 0 aromatic rings. The van der Waals surface area contributed by atoms with Crippen molar-refractivity contribution in [1.29, 1.82) is 0 Å². The number of carbonyl (C=O) groups is 1. The summed E-state index contributed by atoms with van der Waals surface area (Å²) in [5, 5.41) is 1.43. The van der Waals surface area contributed by atoms with Gasteiger partial charge in [-0.25, -0.2) is 0 Å². The highest BCUT2D eigenvalue weighted by Gasteiger charge is 2.63. The SMILES string of the molecule is COCCOCCNC(=O)C(F)(F)C(F)(F)F. The molecule has 0 aromatic carbocycles. The number of carbonyl (C=O) groups excluding carboxylic acids is 1. The van der Waals surface area contributed by atoms with Gasteiger partial charge >= 0.3 is 12.1 Å². The number of methoxy groups -OCH3 is 1. The molecule has 17 heavy (non-hydrogen) atoms. The van der Waals surface area contributed by atoms with E-state index in [0.717, 1.165) is 0 Å². The summed E-state index contributed by atoms with van der Waals surface area (Å²) in [6.45, 7) is -0.202. The second-order valence-corrected chi connectivity index (χ2v) is 2.93. The maximum absolute atomic E-state index is 12.4. The molecule has 0 aliphatic carbocycles. The van der Waals surface area contributed by atoms with Crippen LogP contribution in [0.4, 0.5) is 22.0 Å². The smallest absolute Gasteiger partial charge is 0.382 e. The predicted octanol–water partition coefficient (Wildman–Crippen LogP) is 0.963.